The Balaban J connectivity index is 0.000000845. The number of hydrogen-bond acceptors (Lipinski definition) is 3. The minimum absolute atomic E-state index is 0. The second-order valence-corrected chi connectivity index (χ2v) is 2.92. The van der Waals surface area contributed by atoms with Crippen molar-refractivity contribution >= 4 is 29.7 Å². The van der Waals surface area contributed by atoms with Gasteiger partial charge in [0.25, 0.3) is 0 Å². The summed E-state index contributed by atoms with van der Waals surface area (Å²) in [6, 6.07) is 3.35. The van der Waals surface area contributed by atoms with Gasteiger partial charge < -0.3 is 15.2 Å². The van der Waals surface area contributed by atoms with Crippen molar-refractivity contribution in [1.82, 2.24) is 0 Å². The molecule has 0 unspecified atom stereocenters. The Morgan fingerprint density at radius 2 is 1.69 bits per heavy atom. The summed E-state index contributed by atoms with van der Waals surface area (Å²) in [5.74, 6) is 1.34. The first-order valence-corrected chi connectivity index (χ1v) is 4.00. The number of benzene rings is 1. The number of nitrogens with two attached hydrogens (primary N) is 1. The van der Waals surface area contributed by atoms with Gasteiger partial charge in [-0.2, -0.15) is 0 Å². The molecule has 0 spiro atoms. The van der Waals surface area contributed by atoms with Crippen LogP contribution in [-0.4, -0.2) is 13.2 Å². The number of fused-ring (bicyclic) bond motifs is 1. The molecule has 0 saturated carbocycles. The zero-order valence-electron chi connectivity index (χ0n) is 6.75. The molecule has 1 heterocycles. The van der Waals surface area contributed by atoms with E-state index in [1.54, 1.807) is 12.1 Å². The summed E-state index contributed by atoms with van der Waals surface area (Å²) >= 11 is 5.79. The van der Waals surface area contributed by atoms with Crippen LogP contribution in [0.15, 0.2) is 12.1 Å². The lowest BCUT2D eigenvalue weighted by molar-refractivity contribution is 0.171. The minimum Gasteiger partial charge on any atom is -0.486 e. The van der Waals surface area contributed by atoms with Crippen LogP contribution in [0.2, 0.25) is 5.02 Å². The summed E-state index contributed by atoms with van der Waals surface area (Å²) in [5.41, 5.74) is 6.09. The van der Waals surface area contributed by atoms with E-state index in [2.05, 4.69) is 0 Å². The molecule has 0 saturated heterocycles. The third-order valence-electron chi connectivity index (χ3n) is 1.66. The van der Waals surface area contributed by atoms with Crippen LogP contribution >= 0.6 is 24.0 Å². The van der Waals surface area contributed by atoms with Crippen molar-refractivity contribution in [2.45, 2.75) is 0 Å². The van der Waals surface area contributed by atoms with Gasteiger partial charge in [-0.3, -0.25) is 0 Å². The quantitative estimate of drug-likeness (QED) is 0.683. The molecule has 1 aromatic carbocycles. The summed E-state index contributed by atoms with van der Waals surface area (Å²) in [7, 11) is 0. The van der Waals surface area contributed by atoms with E-state index < -0.39 is 0 Å². The molecule has 0 amide bonds. The monoisotopic (exact) mass is 221 g/mol. The van der Waals surface area contributed by atoms with E-state index in [1.807, 2.05) is 0 Å². The molecule has 1 aliphatic rings. The predicted octanol–water partition coefficient (Wildman–Crippen LogP) is 2.12. The van der Waals surface area contributed by atoms with E-state index in [0.717, 1.165) is 0 Å². The summed E-state index contributed by atoms with van der Waals surface area (Å²) < 4.78 is 10.6. The third-order valence-corrected chi connectivity index (χ3v) is 1.99. The molecule has 3 nitrogen and oxygen atoms in total. The van der Waals surface area contributed by atoms with Crippen LogP contribution in [0.5, 0.6) is 11.5 Å². The first-order valence-electron chi connectivity index (χ1n) is 3.62. The van der Waals surface area contributed by atoms with E-state index >= 15 is 0 Å². The Bertz CT molecular complexity index is 286. The van der Waals surface area contributed by atoms with Crippen molar-refractivity contribution in [3.8, 4) is 11.5 Å². The molecule has 5 heteroatoms. The maximum atomic E-state index is 5.79. The fourth-order valence-corrected chi connectivity index (χ4v) is 1.23. The van der Waals surface area contributed by atoms with Crippen molar-refractivity contribution < 1.29 is 9.47 Å². The number of anilines is 1. The lowest BCUT2D eigenvalue weighted by Crippen LogP contribution is -2.15. The molecule has 0 radical (unpaired) electrons. The fourth-order valence-electron chi connectivity index (χ4n) is 1.08. The zero-order valence-corrected chi connectivity index (χ0v) is 8.32. The maximum Gasteiger partial charge on any atom is 0.163 e. The van der Waals surface area contributed by atoms with Gasteiger partial charge in [-0.1, -0.05) is 11.6 Å². The van der Waals surface area contributed by atoms with E-state index in [-0.39, 0.29) is 12.4 Å². The molecule has 0 atom stereocenters. The number of rotatable bonds is 0. The summed E-state index contributed by atoms with van der Waals surface area (Å²) in [5, 5.41) is 0.499. The van der Waals surface area contributed by atoms with Crippen LogP contribution in [0.4, 0.5) is 5.69 Å². The van der Waals surface area contributed by atoms with Gasteiger partial charge in [-0.15, -0.1) is 12.4 Å². The van der Waals surface area contributed by atoms with Crippen molar-refractivity contribution in [1.29, 1.82) is 0 Å². The molecule has 1 aliphatic heterocycles. The number of ether oxygens (including phenoxy) is 2. The van der Waals surface area contributed by atoms with Gasteiger partial charge in [0.05, 0.1) is 10.7 Å². The molecular formula is C8H9Cl2NO2. The lowest BCUT2D eigenvalue weighted by Gasteiger charge is -2.18. The topological polar surface area (TPSA) is 44.5 Å². The van der Waals surface area contributed by atoms with Crippen LogP contribution in [-0.2, 0) is 0 Å². The molecule has 0 aliphatic carbocycles. The molecule has 2 N–H and O–H groups in total. The van der Waals surface area contributed by atoms with Crippen LogP contribution in [0.3, 0.4) is 0 Å². The maximum absolute atomic E-state index is 5.79. The molecule has 0 bridgehead atoms. The molecule has 13 heavy (non-hydrogen) atoms. The van der Waals surface area contributed by atoms with Crippen molar-refractivity contribution in [2.75, 3.05) is 18.9 Å². The first kappa shape index (κ1) is 10.3. The number of nitrogen functional groups attached to an aromatic ring is 1. The predicted molar refractivity (Wildman–Crippen MR) is 54.1 cm³/mol. The van der Waals surface area contributed by atoms with Crippen LogP contribution in [0, 0.1) is 0 Å². The zero-order chi connectivity index (χ0) is 8.55. The molecular weight excluding hydrogens is 213 g/mol. The standard InChI is InChI=1S/C8H8ClNO2.ClH/c9-5-3-7-8(4-6(5)10)12-2-1-11-7;/h3-4H,1-2,10H2;1H. The number of hydrogen-bond donors (Lipinski definition) is 1. The highest BCUT2D eigenvalue weighted by Gasteiger charge is 2.13. The summed E-state index contributed by atoms with van der Waals surface area (Å²) in [6.45, 7) is 1.13. The third kappa shape index (κ3) is 1.92. The van der Waals surface area contributed by atoms with E-state index in [4.69, 9.17) is 26.8 Å². The van der Waals surface area contributed by atoms with Crippen molar-refractivity contribution in [2.24, 2.45) is 0 Å². The van der Waals surface area contributed by atoms with Crippen LogP contribution in [0.25, 0.3) is 0 Å². The Morgan fingerprint density at radius 3 is 2.31 bits per heavy atom. The highest BCUT2D eigenvalue weighted by Crippen LogP contribution is 2.36. The Hall–Kier alpha value is -0.800. The van der Waals surface area contributed by atoms with Gasteiger partial charge in [0.2, 0.25) is 0 Å². The van der Waals surface area contributed by atoms with Gasteiger partial charge in [-0.05, 0) is 0 Å². The largest absolute Gasteiger partial charge is 0.486 e. The van der Waals surface area contributed by atoms with Crippen molar-refractivity contribution in [3.63, 3.8) is 0 Å². The first-order chi connectivity index (χ1) is 5.77. The number of halogens is 2. The Morgan fingerprint density at radius 1 is 1.15 bits per heavy atom. The molecule has 2 rings (SSSR count). The van der Waals surface area contributed by atoms with Gasteiger partial charge in [0, 0.05) is 12.1 Å². The fraction of sp³-hybridized carbons (Fsp3) is 0.250. The van der Waals surface area contributed by atoms with Gasteiger partial charge >= 0.3 is 0 Å². The second-order valence-electron chi connectivity index (χ2n) is 2.52. The SMILES string of the molecule is Cl.Nc1cc2c(cc1Cl)OCCO2. The highest BCUT2D eigenvalue weighted by atomic mass is 35.5. The average molecular weight is 222 g/mol. The molecule has 72 valence electrons. The molecule has 1 aromatic rings. The van der Waals surface area contributed by atoms with Crippen molar-refractivity contribution in [3.05, 3.63) is 17.2 Å². The highest BCUT2D eigenvalue weighted by molar-refractivity contribution is 6.33. The van der Waals surface area contributed by atoms with Gasteiger partial charge in [0.1, 0.15) is 13.2 Å². The Kier molecular flexibility index (Phi) is 3.12. The molecule has 0 fully saturated rings. The van der Waals surface area contributed by atoms with Crippen LogP contribution < -0.4 is 15.2 Å². The minimum atomic E-state index is 0. The summed E-state index contributed by atoms with van der Waals surface area (Å²) in [6.07, 6.45) is 0. The van der Waals surface area contributed by atoms with Gasteiger partial charge in [0.15, 0.2) is 11.5 Å². The van der Waals surface area contributed by atoms with E-state index in [9.17, 15) is 0 Å². The summed E-state index contributed by atoms with van der Waals surface area (Å²) in [4.78, 5) is 0. The molecule has 0 aromatic heterocycles. The Labute approximate surface area is 87.2 Å². The average Bonchev–Trinajstić information content (AvgIpc) is 2.07. The van der Waals surface area contributed by atoms with E-state index in [1.165, 1.54) is 0 Å². The lowest BCUT2D eigenvalue weighted by atomic mass is 10.2. The smallest absolute Gasteiger partial charge is 0.163 e. The van der Waals surface area contributed by atoms with Gasteiger partial charge in [-0.25, -0.2) is 0 Å². The second kappa shape index (κ2) is 3.94. The van der Waals surface area contributed by atoms with Crippen LogP contribution in [0.1, 0.15) is 0 Å². The van der Waals surface area contributed by atoms with E-state index in [0.29, 0.717) is 35.4 Å². The normalized spacial score (nSPS) is 13.3.